The van der Waals surface area contributed by atoms with Gasteiger partial charge in [0.25, 0.3) is 0 Å². The molecule has 0 N–H and O–H groups in total. The number of thiophene rings is 2. The van der Waals surface area contributed by atoms with Gasteiger partial charge in [-0.25, -0.2) is 15.0 Å². The Kier molecular flexibility index (Phi) is 7.87. The van der Waals surface area contributed by atoms with Crippen molar-refractivity contribution in [3.63, 3.8) is 0 Å². The van der Waals surface area contributed by atoms with E-state index < -0.39 is 0 Å². The van der Waals surface area contributed by atoms with Gasteiger partial charge in [0, 0.05) is 62.6 Å². The molecule has 0 unspecified atom stereocenters. The molecule has 11 aromatic rings. The lowest BCUT2D eigenvalue weighted by Crippen LogP contribution is -2.00. The first-order valence-corrected chi connectivity index (χ1v) is 20.3. The molecule has 3 aromatic heterocycles. The minimum Gasteiger partial charge on any atom is -0.208 e. The molecular weight excluding hydrogens is 719 g/mol. The summed E-state index contributed by atoms with van der Waals surface area (Å²) in [6.45, 7) is 0. The third kappa shape index (κ3) is 5.68. The Balaban J connectivity index is 1.00. The number of hydrogen-bond acceptors (Lipinski definition) is 5. The van der Waals surface area contributed by atoms with Crippen molar-refractivity contribution in [2.24, 2.45) is 0 Å². The zero-order valence-corrected chi connectivity index (χ0v) is 31.7. The zero-order valence-electron chi connectivity index (χ0n) is 30.1. The maximum atomic E-state index is 5.12. The highest BCUT2D eigenvalue weighted by molar-refractivity contribution is 7.26. The Morgan fingerprint density at radius 1 is 0.286 bits per heavy atom. The summed E-state index contributed by atoms with van der Waals surface area (Å²) < 4.78 is 5.12. The SMILES string of the molecule is c1ccc(-c2cccc(-c3ccc(-c4nc(-c5ccccc5)nc(-c5ccc6c(c5)sc5cccc(-c7cccc8c7sc7ccccc78)c56)n4)cc3)c2)cc1. The van der Waals surface area contributed by atoms with Gasteiger partial charge in [0.15, 0.2) is 17.5 Å². The van der Waals surface area contributed by atoms with Crippen LogP contribution in [0.4, 0.5) is 0 Å². The molecule has 11 rings (SSSR count). The zero-order chi connectivity index (χ0) is 37.0. The fourth-order valence-corrected chi connectivity index (χ4v) is 10.2. The molecule has 0 aliphatic heterocycles. The second kappa shape index (κ2) is 13.5. The molecule has 0 radical (unpaired) electrons. The highest BCUT2D eigenvalue weighted by Crippen LogP contribution is 2.46. The molecule has 3 nitrogen and oxygen atoms in total. The van der Waals surface area contributed by atoms with Crippen LogP contribution >= 0.6 is 22.7 Å². The van der Waals surface area contributed by atoms with E-state index in [-0.39, 0.29) is 0 Å². The van der Waals surface area contributed by atoms with E-state index in [4.69, 9.17) is 15.0 Å². The van der Waals surface area contributed by atoms with Crippen molar-refractivity contribution in [2.75, 3.05) is 0 Å². The van der Waals surface area contributed by atoms with Gasteiger partial charge in [-0.15, -0.1) is 22.7 Å². The van der Waals surface area contributed by atoms with E-state index in [1.165, 1.54) is 68.2 Å². The van der Waals surface area contributed by atoms with Crippen LogP contribution in [0.5, 0.6) is 0 Å². The molecule has 3 heterocycles. The third-order valence-electron chi connectivity index (χ3n) is 10.6. The standard InChI is InChI=1S/C51H31N3S2/c1-3-12-32(13-4-1)36-16-9-17-37(30-36)33-24-26-35(27-25-33)50-52-49(34-14-5-2-6-15-34)53-51(54-50)38-28-29-43-46(31-38)55-45-23-11-19-40(47(43)45)42-21-10-20-41-39-18-7-8-22-44(39)56-48(41)42/h1-31H. The van der Waals surface area contributed by atoms with Gasteiger partial charge in [0.1, 0.15) is 0 Å². The Morgan fingerprint density at radius 2 is 0.804 bits per heavy atom. The van der Waals surface area contributed by atoms with Crippen LogP contribution in [0, 0.1) is 0 Å². The predicted octanol–water partition coefficient (Wildman–Crippen LogP) is 14.6. The number of fused-ring (bicyclic) bond motifs is 6. The average Bonchev–Trinajstić information content (AvgIpc) is 3.85. The second-order valence-corrected chi connectivity index (χ2v) is 16.1. The first-order valence-electron chi connectivity index (χ1n) is 18.7. The van der Waals surface area contributed by atoms with Crippen LogP contribution in [0.2, 0.25) is 0 Å². The summed E-state index contributed by atoms with van der Waals surface area (Å²) in [5, 5.41) is 5.16. The number of aromatic nitrogens is 3. The fourth-order valence-electron chi connectivity index (χ4n) is 7.82. The van der Waals surface area contributed by atoms with Crippen LogP contribution in [0.1, 0.15) is 0 Å². The molecule has 0 aliphatic rings. The molecule has 0 spiro atoms. The quantitative estimate of drug-likeness (QED) is 0.170. The van der Waals surface area contributed by atoms with Crippen molar-refractivity contribution >= 4 is 63.0 Å². The number of rotatable bonds is 6. The molecular formula is C51H31N3S2. The molecule has 0 aliphatic carbocycles. The van der Waals surface area contributed by atoms with Crippen molar-refractivity contribution < 1.29 is 0 Å². The molecule has 0 saturated heterocycles. The maximum Gasteiger partial charge on any atom is 0.164 e. The fraction of sp³-hybridized carbons (Fsp3) is 0. The molecule has 0 atom stereocenters. The Hall–Kier alpha value is -6.79. The third-order valence-corrected chi connectivity index (χ3v) is 12.9. The largest absolute Gasteiger partial charge is 0.208 e. The van der Waals surface area contributed by atoms with E-state index in [0.29, 0.717) is 17.5 Å². The van der Waals surface area contributed by atoms with Crippen LogP contribution < -0.4 is 0 Å². The monoisotopic (exact) mass is 749 g/mol. The summed E-state index contributed by atoms with van der Waals surface area (Å²) in [7, 11) is 0. The van der Waals surface area contributed by atoms with Crippen LogP contribution in [0.25, 0.3) is 108 Å². The van der Waals surface area contributed by atoms with Gasteiger partial charge in [-0.2, -0.15) is 0 Å². The summed E-state index contributed by atoms with van der Waals surface area (Å²) in [6, 6.07) is 66.7. The average molecular weight is 750 g/mol. The van der Waals surface area contributed by atoms with E-state index in [2.05, 4.69) is 170 Å². The van der Waals surface area contributed by atoms with Gasteiger partial charge in [-0.3, -0.25) is 0 Å². The van der Waals surface area contributed by atoms with Crippen molar-refractivity contribution in [3.8, 4) is 67.5 Å². The second-order valence-electron chi connectivity index (χ2n) is 14.0. The molecule has 8 aromatic carbocycles. The normalized spacial score (nSPS) is 11.6. The van der Waals surface area contributed by atoms with Gasteiger partial charge in [-0.1, -0.05) is 164 Å². The highest BCUT2D eigenvalue weighted by Gasteiger charge is 2.18. The van der Waals surface area contributed by atoms with Crippen molar-refractivity contribution in [1.82, 2.24) is 15.0 Å². The minimum atomic E-state index is 0.647. The van der Waals surface area contributed by atoms with Crippen molar-refractivity contribution in [3.05, 3.63) is 188 Å². The van der Waals surface area contributed by atoms with Gasteiger partial charge in [0.05, 0.1) is 0 Å². The summed E-state index contributed by atoms with van der Waals surface area (Å²) in [5.41, 5.74) is 10.1. The van der Waals surface area contributed by atoms with Crippen molar-refractivity contribution in [2.45, 2.75) is 0 Å². The number of benzene rings is 8. The van der Waals surface area contributed by atoms with Crippen LogP contribution in [0.15, 0.2) is 188 Å². The smallest absolute Gasteiger partial charge is 0.164 e. The van der Waals surface area contributed by atoms with Gasteiger partial charge in [0.2, 0.25) is 0 Å². The first-order chi connectivity index (χ1) is 27.7. The molecule has 0 bridgehead atoms. The molecule has 0 amide bonds. The molecule has 0 fully saturated rings. The topological polar surface area (TPSA) is 38.7 Å². The van der Waals surface area contributed by atoms with Crippen LogP contribution in [0.3, 0.4) is 0 Å². The maximum absolute atomic E-state index is 5.12. The summed E-state index contributed by atoms with van der Waals surface area (Å²) in [4.78, 5) is 15.2. The van der Waals surface area contributed by atoms with Crippen molar-refractivity contribution in [1.29, 1.82) is 0 Å². The first kappa shape index (κ1) is 32.6. The Labute approximate surface area is 331 Å². The molecule has 0 saturated carbocycles. The van der Waals surface area contributed by atoms with Gasteiger partial charge < -0.3 is 0 Å². The lowest BCUT2D eigenvalue weighted by atomic mass is 9.97. The van der Waals surface area contributed by atoms with E-state index in [1.807, 2.05) is 40.9 Å². The minimum absolute atomic E-state index is 0.647. The lowest BCUT2D eigenvalue weighted by Gasteiger charge is -2.10. The molecule has 262 valence electrons. The van der Waals surface area contributed by atoms with Gasteiger partial charge >= 0.3 is 0 Å². The van der Waals surface area contributed by atoms with E-state index in [9.17, 15) is 0 Å². The molecule has 5 heteroatoms. The van der Waals surface area contributed by atoms with E-state index >= 15 is 0 Å². The Bertz CT molecular complexity index is 3240. The van der Waals surface area contributed by atoms with E-state index in [0.717, 1.165) is 22.3 Å². The predicted molar refractivity (Wildman–Crippen MR) is 238 cm³/mol. The summed E-state index contributed by atoms with van der Waals surface area (Å²) >= 11 is 3.70. The Morgan fingerprint density at radius 3 is 1.57 bits per heavy atom. The number of hydrogen-bond donors (Lipinski definition) is 0. The summed E-state index contributed by atoms with van der Waals surface area (Å²) in [5.74, 6) is 1.96. The van der Waals surface area contributed by atoms with Crippen LogP contribution in [-0.4, -0.2) is 15.0 Å². The highest BCUT2D eigenvalue weighted by atomic mass is 32.1. The van der Waals surface area contributed by atoms with Gasteiger partial charge in [-0.05, 0) is 52.1 Å². The van der Waals surface area contributed by atoms with Crippen LogP contribution in [-0.2, 0) is 0 Å². The number of nitrogens with zero attached hydrogens (tertiary/aromatic N) is 3. The lowest BCUT2D eigenvalue weighted by molar-refractivity contribution is 1.07. The van der Waals surface area contributed by atoms with E-state index in [1.54, 1.807) is 0 Å². The summed E-state index contributed by atoms with van der Waals surface area (Å²) in [6.07, 6.45) is 0. The molecule has 56 heavy (non-hydrogen) atoms.